The second-order valence-corrected chi connectivity index (χ2v) is 8.58. The molecular weight excluding hydrogens is 428 g/mol. The van der Waals surface area contributed by atoms with Gasteiger partial charge in [0.15, 0.2) is 16.6 Å². The smallest absolute Gasteiger partial charge is 0.231 e. The lowest BCUT2D eigenvalue weighted by Gasteiger charge is -2.17. The van der Waals surface area contributed by atoms with Crippen LogP contribution >= 0.6 is 11.3 Å². The summed E-state index contributed by atoms with van der Waals surface area (Å²) in [6, 6.07) is 13.4. The van der Waals surface area contributed by atoms with Crippen LogP contribution in [0.3, 0.4) is 0 Å². The van der Waals surface area contributed by atoms with Gasteiger partial charge < -0.3 is 24.7 Å². The lowest BCUT2D eigenvalue weighted by atomic mass is 10.1. The van der Waals surface area contributed by atoms with E-state index in [0.717, 1.165) is 22.2 Å². The third kappa shape index (κ3) is 3.18. The van der Waals surface area contributed by atoms with Crippen LogP contribution in [0.5, 0.6) is 11.5 Å². The average molecular weight is 446 g/mol. The van der Waals surface area contributed by atoms with E-state index in [0.29, 0.717) is 28.9 Å². The summed E-state index contributed by atoms with van der Waals surface area (Å²) in [5.41, 5.74) is 3.52. The molecule has 2 N–H and O–H groups in total. The van der Waals surface area contributed by atoms with E-state index in [1.54, 1.807) is 23.1 Å². The van der Waals surface area contributed by atoms with E-state index in [9.17, 15) is 9.59 Å². The first kappa shape index (κ1) is 18.9. The van der Waals surface area contributed by atoms with Gasteiger partial charge in [0.25, 0.3) is 0 Å². The van der Waals surface area contributed by atoms with Crippen molar-refractivity contribution in [2.75, 3.05) is 23.6 Å². The van der Waals surface area contributed by atoms with Gasteiger partial charge in [-0.05, 0) is 18.2 Å². The number of aromatic amines is 1. The van der Waals surface area contributed by atoms with Crippen LogP contribution in [-0.4, -0.2) is 35.1 Å². The first-order chi connectivity index (χ1) is 15.7. The Hall–Kier alpha value is -3.85. The number of carbonyl (C=O) groups is 2. The number of nitrogens with one attached hydrogen (secondary N) is 2. The molecule has 0 bridgehead atoms. The minimum absolute atomic E-state index is 0.0948. The molecule has 2 aliphatic rings. The fourth-order valence-corrected chi connectivity index (χ4v) is 4.85. The normalized spacial score (nSPS) is 17.3. The number of anilines is 2. The Morgan fingerprint density at radius 3 is 3.00 bits per heavy atom. The number of hydrogen-bond acceptors (Lipinski definition) is 6. The van der Waals surface area contributed by atoms with E-state index in [1.807, 2.05) is 35.8 Å². The zero-order valence-electron chi connectivity index (χ0n) is 16.8. The number of hydrogen-bond donors (Lipinski definition) is 2. The number of rotatable bonds is 4. The number of benzene rings is 2. The van der Waals surface area contributed by atoms with Crippen molar-refractivity contribution in [2.45, 2.75) is 6.42 Å². The molecule has 4 heterocycles. The minimum Gasteiger partial charge on any atom is -0.454 e. The van der Waals surface area contributed by atoms with Crippen molar-refractivity contribution in [3.63, 3.8) is 0 Å². The molecule has 0 unspecified atom stereocenters. The van der Waals surface area contributed by atoms with Crippen molar-refractivity contribution in [1.82, 2.24) is 9.97 Å². The van der Waals surface area contributed by atoms with Gasteiger partial charge in [-0.1, -0.05) is 18.2 Å². The number of para-hydroxylation sites is 1. The standard InChI is InChI=1S/C23H18N4O4S/c28-21-7-13(10-27(21)14-5-6-19-20(8-14)31-12-30-19)22(29)26-23-25-18(11-32-23)16-9-24-17-4-2-1-3-15(16)17/h1-6,8-9,11,13,24H,7,10,12H2,(H,25,26,29)/t13-/m1/s1. The summed E-state index contributed by atoms with van der Waals surface area (Å²) in [6.07, 6.45) is 2.07. The second-order valence-electron chi connectivity index (χ2n) is 7.72. The van der Waals surface area contributed by atoms with Gasteiger partial charge in [-0.25, -0.2) is 4.98 Å². The maximum Gasteiger partial charge on any atom is 0.231 e. The highest BCUT2D eigenvalue weighted by atomic mass is 32.1. The van der Waals surface area contributed by atoms with E-state index in [4.69, 9.17) is 9.47 Å². The Morgan fingerprint density at radius 1 is 1.19 bits per heavy atom. The summed E-state index contributed by atoms with van der Waals surface area (Å²) in [4.78, 5) is 34.9. The molecule has 2 aromatic heterocycles. The van der Waals surface area contributed by atoms with Gasteiger partial charge in [0, 0.05) is 52.8 Å². The molecule has 0 radical (unpaired) electrons. The molecule has 160 valence electrons. The summed E-state index contributed by atoms with van der Waals surface area (Å²) in [5.74, 6) is 0.512. The Labute approximate surface area is 186 Å². The number of H-pyrrole nitrogens is 1. The number of aromatic nitrogens is 2. The summed E-state index contributed by atoms with van der Waals surface area (Å²) in [5, 5.41) is 6.40. The lowest BCUT2D eigenvalue weighted by Crippen LogP contribution is -2.28. The van der Waals surface area contributed by atoms with Gasteiger partial charge in [-0.2, -0.15) is 0 Å². The van der Waals surface area contributed by atoms with Crippen LogP contribution in [0, 0.1) is 5.92 Å². The van der Waals surface area contributed by atoms with Gasteiger partial charge in [-0.15, -0.1) is 11.3 Å². The fraction of sp³-hybridized carbons (Fsp3) is 0.174. The topological polar surface area (TPSA) is 96.5 Å². The molecule has 0 spiro atoms. The molecule has 2 aromatic carbocycles. The highest BCUT2D eigenvalue weighted by molar-refractivity contribution is 7.14. The summed E-state index contributed by atoms with van der Waals surface area (Å²) in [6.45, 7) is 0.483. The Kier molecular flexibility index (Phi) is 4.36. The maximum absolute atomic E-state index is 12.9. The highest BCUT2D eigenvalue weighted by Crippen LogP contribution is 2.37. The zero-order valence-corrected chi connectivity index (χ0v) is 17.6. The van der Waals surface area contributed by atoms with Crippen molar-refractivity contribution in [2.24, 2.45) is 5.92 Å². The molecule has 1 atom stereocenters. The molecule has 9 heteroatoms. The van der Waals surface area contributed by atoms with E-state index in [-0.39, 0.29) is 25.0 Å². The number of amides is 2. The van der Waals surface area contributed by atoms with E-state index in [2.05, 4.69) is 15.3 Å². The maximum atomic E-state index is 12.9. The van der Waals surface area contributed by atoms with E-state index < -0.39 is 5.92 Å². The molecule has 0 aliphatic carbocycles. The average Bonchev–Trinajstić information content (AvgIpc) is 3.58. The molecule has 32 heavy (non-hydrogen) atoms. The first-order valence-corrected chi connectivity index (χ1v) is 11.1. The molecule has 2 amide bonds. The van der Waals surface area contributed by atoms with Crippen molar-refractivity contribution in [1.29, 1.82) is 0 Å². The summed E-state index contributed by atoms with van der Waals surface area (Å²) >= 11 is 1.37. The summed E-state index contributed by atoms with van der Waals surface area (Å²) in [7, 11) is 0. The minimum atomic E-state index is -0.451. The van der Waals surface area contributed by atoms with Crippen molar-refractivity contribution < 1.29 is 19.1 Å². The summed E-state index contributed by atoms with van der Waals surface area (Å²) < 4.78 is 10.7. The lowest BCUT2D eigenvalue weighted by molar-refractivity contribution is -0.122. The van der Waals surface area contributed by atoms with Gasteiger partial charge in [0.2, 0.25) is 18.6 Å². The van der Waals surface area contributed by atoms with Crippen LogP contribution in [0.1, 0.15) is 6.42 Å². The Bertz CT molecular complexity index is 1360. The number of fused-ring (bicyclic) bond motifs is 2. The highest BCUT2D eigenvalue weighted by Gasteiger charge is 2.36. The fourth-order valence-electron chi connectivity index (χ4n) is 4.13. The van der Waals surface area contributed by atoms with Crippen LogP contribution in [0.4, 0.5) is 10.8 Å². The van der Waals surface area contributed by atoms with Crippen molar-refractivity contribution in [3.8, 4) is 22.8 Å². The second kappa shape index (κ2) is 7.38. The predicted octanol–water partition coefficient (Wildman–Crippen LogP) is 4.01. The van der Waals surface area contributed by atoms with Gasteiger partial charge >= 0.3 is 0 Å². The predicted molar refractivity (Wildman–Crippen MR) is 121 cm³/mol. The Balaban J connectivity index is 1.16. The van der Waals surface area contributed by atoms with Gasteiger partial charge in [-0.3, -0.25) is 9.59 Å². The van der Waals surface area contributed by atoms with Gasteiger partial charge in [0.1, 0.15) is 0 Å². The van der Waals surface area contributed by atoms with Gasteiger partial charge in [0.05, 0.1) is 11.6 Å². The van der Waals surface area contributed by atoms with Crippen LogP contribution < -0.4 is 19.7 Å². The van der Waals surface area contributed by atoms with E-state index >= 15 is 0 Å². The van der Waals surface area contributed by atoms with Crippen LogP contribution in [0.2, 0.25) is 0 Å². The molecule has 1 fully saturated rings. The number of ether oxygens (including phenoxy) is 2. The number of carbonyl (C=O) groups excluding carboxylic acids is 2. The molecule has 4 aromatic rings. The molecule has 6 rings (SSSR count). The molecule has 1 saturated heterocycles. The van der Waals surface area contributed by atoms with E-state index in [1.165, 1.54) is 11.3 Å². The van der Waals surface area contributed by atoms with Crippen LogP contribution in [0.25, 0.3) is 22.2 Å². The molecule has 2 aliphatic heterocycles. The molecule has 8 nitrogen and oxygen atoms in total. The first-order valence-electron chi connectivity index (χ1n) is 10.2. The third-order valence-corrected chi connectivity index (χ3v) is 6.52. The molecular formula is C23H18N4O4S. The van der Waals surface area contributed by atoms with Crippen LogP contribution in [0.15, 0.2) is 54.0 Å². The number of thiazole rings is 1. The third-order valence-electron chi connectivity index (χ3n) is 5.76. The largest absolute Gasteiger partial charge is 0.454 e. The Morgan fingerprint density at radius 2 is 2.06 bits per heavy atom. The van der Waals surface area contributed by atoms with Crippen LogP contribution in [-0.2, 0) is 9.59 Å². The monoisotopic (exact) mass is 446 g/mol. The molecule has 0 saturated carbocycles. The number of nitrogens with zero attached hydrogens (tertiary/aromatic N) is 2. The van der Waals surface area contributed by atoms with Crippen molar-refractivity contribution in [3.05, 3.63) is 54.0 Å². The quantitative estimate of drug-likeness (QED) is 0.494. The zero-order chi connectivity index (χ0) is 21.7. The SMILES string of the molecule is O=C(Nc1nc(-c2c[nH]c3ccccc23)cs1)[C@@H]1CC(=O)N(c2ccc3c(c2)OCO3)C1. The van der Waals surface area contributed by atoms with Crippen molar-refractivity contribution >= 4 is 44.9 Å².